The van der Waals surface area contributed by atoms with Gasteiger partial charge in [-0.3, -0.25) is 19.8 Å². The maximum absolute atomic E-state index is 12.6. The van der Waals surface area contributed by atoms with Gasteiger partial charge in [0.05, 0.1) is 4.92 Å². The lowest BCUT2D eigenvalue weighted by atomic mass is 9.88. The molecule has 0 bridgehead atoms. The van der Waals surface area contributed by atoms with Crippen LogP contribution in [0.5, 0.6) is 0 Å². The fourth-order valence-electron chi connectivity index (χ4n) is 4.39. The molecule has 0 spiro atoms. The topological polar surface area (TPSA) is 75.9 Å². The molecule has 1 saturated heterocycles. The number of rotatable bonds is 9. The smallest absolute Gasteiger partial charge is 0.269 e. The fraction of sp³-hybridized carbons (Fsp3) is 0.458. The first kappa shape index (κ1) is 22.9. The molecule has 3 rings (SSSR count). The van der Waals surface area contributed by atoms with Crippen molar-refractivity contribution in [2.45, 2.75) is 32.4 Å². The molecule has 0 saturated carbocycles. The van der Waals surface area contributed by atoms with E-state index in [0.29, 0.717) is 18.4 Å². The number of non-ortho nitro benzene ring substituents is 1. The van der Waals surface area contributed by atoms with E-state index >= 15 is 0 Å². The molecule has 1 amide bonds. The zero-order valence-electron chi connectivity index (χ0n) is 18.4. The minimum Gasteiger partial charge on any atom is -0.375 e. The highest BCUT2D eigenvalue weighted by molar-refractivity contribution is 5.77. The summed E-state index contributed by atoms with van der Waals surface area (Å²) in [5.74, 6) is 0.623. The van der Waals surface area contributed by atoms with E-state index < -0.39 is 0 Å². The zero-order valence-corrected chi connectivity index (χ0v) is 18.4. The summed E-state index contributed by atoms with van der Waals surface area (Å²) in [6.45, 7) is 7.31. The molecule has 31 heavy (non-hydrogen) atoms. The highest BCUT2D eigenvalue weighted by Gasteiger charge is 2.36. The Kier molecular flexibility index (Phi) is 7.76. The van der Waals surface area contributed by atoms with Crippen LogP contribution in [-0.4, -0.2) is 60.0 Å². The molecule has 1 aliphatic rings. The van der Waals surface area contributed by atoms with Gasteiger partial charge in [0.25, 0.3) is 5.69 Å². The molecule has 166 valence electrons. The van der Waals surface area contributed by atoms with Gasteiger partial charge in [-0.15, -0.1) is 0 Å². The summed E-state index contributed by atoms with van der Waals surface area (Å²) in [5, 5.41) is 10.9. The van der Waals surface area contributed by atoms with Gasteiger partial charge >= 0.3 is 0 Å². The molecule has 0 aromatic heterocycles. The Labute approximate surface area is 183 Å². The van der Waals surface area contributed by atoms with E-state index in [0.717, 1.165) is 25.2 Å². The third-order valence-corrected chi connectivity index (χ3v) is 5.94. The second kappa shape index (κ2) is 10.5. The van der Waals surface area contributed by atoms with Crippen molar-refractivity contribution in [2.75, 3.05) is 33.4 Å². The van der Waals surface area contributed by atoms with E-state index in [1.807, 2.05) is 36.9 Å². The van der Waals surface area contributed by atoms with Crippen LogP contribution in [-0.2, 0) is 16.1 Å². The first-order valence-corrected chi connectivity index (χ1v) is 10.7. The lowest BCUT2D eigenvalue weighted by Gasteiger charge is -2.31. The number of ether oxygens (including phenoxy) is 1. The van der Waals surface area contributed by atoms with Gasteiger partial charge in [-0.2, -0.15) is 0 Å². The highest BCUT2D eigenvalue weighted by Crippen LogP contribution is 2.34. The molecule has 2 unspecified atom stereocenters. The lowest BCUT2D eigenvalue weighted by molar-refractivity contribution is -0.384. The van der Waals surface area contributed by atoms with E-state index in [4.69, 9.17) is 4.74 Å². The Morgan fingerprint density at radius 3 is 2.42 bits per heavy atom. The number of nitrogens with zero attached hydrogens (tertiary/aromatic N) is 3. The number of benzene rings is 2. The number of methoxy groups -OCH3 is 1. The predicted octanol–water partition coefficient (Wildman–Crippen LogP) is 3.69. The van der Waals surface area contributed by atoms with Gasteiger partial charge in [-0.05, 0) is 30.9 Å². The van der Waals surface area contributed by atoms with Gasteiger partial charge in [0.1, 0.15) is 6.61 Å². The predicted molar refractivity (Wildman–Crippen MR) is 120 cm³/mol. The Hall–Kier alpha value is -2.77. The van der Waals surface area contributed by atoms with Crippen LogP contribution in [0.3, 0.4) is 0 Å². The molecule has 2 atom stereocenters. The van der Waals surface area contributed by atoms with Crippen molar-refractivity contribution < 1.29 is 14.5 Å². The minimum absolute atomic E-state index is 0.0122. The molecule has 2 aromatic carbocycles. The summed E-state index contributed by atoms with van der Waals surface area (Å²) in [7, 11) is 1.55. The number of hydrogen-bond donors (Lipinski definition) is 0. The average molecular weight is 426 g/mol. The van der Waals surface area contributed by atoms with Gasteiger partial charge in [-0.1, -0.05) is 42.5 Å². The van der Waals surface area contributed by atoms with E-state index in [9.17, 15) is 14.9 Å². The number of nitro groups is 1. The maximum atomic E-state index is 12.6. The molecule has 0 aliphatic carbocycles. The Morgan fingerprint density at radius 2 is 1.84 bits per heavy atom. The Morgan fingerprint density at radius 1 is 1.16 bits per heavy atom. The van der Waals surface area contributed by atoms with Crippen molar-refractivity contribution in [3.05, 3.63) is 75.8 Å². The van der Waals surface area contributed by atoms with Crippen LogP contribution in [0.25, 0.3) is 0 Å². The number of carbonyl (C=O) groups excluding carboxylic acids is 1. The third kappa shape index (κ3) is 5.89. The number of carbonyl (C=O) groups is 1. The van der Waals surface area contributed by atoms with Crippen LogP contribution < -0.4 is 0 Å². The van der Waals surface area contributed by atoms with E-state index in [1.165, 1.54) is 5.56 Å². The summed E-state index contributed by atoms with van der Waals surface area (Å²) in [4.78, 5) is 27.4. The highest BCUT2D eigenvalue weighted by atomic mass is 16.6. The number of nitro benzene ring substituents is 1. The second-order valence-electron chi connectivity index (χ2n) is 8.47. The summed E-state index contributed by atoms with van der Waals surface area (Å²) in [5.41, 5.74) is 2.44. The van der Waals surface area contributed by atoms with Crippen LogP contribution in [0, 0.1) is 16.0 Å². The van der Waals surface area contributed by atoms with Crippen LogP contribution in [0.15, 0.2) is 54.6 Å². The molecular formula is C24H31N3O4. The first-order valence-electron chi connectivity index (χ1n) is 10.7. The molecular weight excluding hydrogens is 394 g/mol. The molecule has 0 N–H and O–H groups in total. The van der Waals surface area contributed by atoms with Crippen molar-refractivity contribution in [3.63, 3.8) is 0 Å². The van der Waals surface area contributed by atoms with Gasteiger partial charge in [-0.25, -0.2) is 0 Å². The number of amides is 1. The summed E-state index contributed by atoms with van der Waals surface area (Å²) >= 11 is 0. The van der Waals surface area contributed by atoms with E-state index in [-0.39, 0.29) is 29.2 Å². The molecule has 1 heterocycles. The van der Waals surface area contributed by atoms with Gasteiger partial charge < -0.3 is 9.64 Å². The van der Waals surface area contributed by atoms with E-state index in [2.05, 4.69) is 29.2 Å². The van der Waals surface area contributed by atoms with Gasteiger partial charge in [0.15, 0.2) is 0 Å². The molecule has 7 heteroatoms. The third-order valence-electron chi connectivity index (χ3n) is 5.94. The molecule has 2 aromatic rings. The van der Waals surface area contributed by atoms with Crippen molar-refractivity contribution >= 4 is 11.6 Å². The maximum Gasteiger partial charge on any atom is 0.269 e. The first-order chi connectivity index (χ1) is 14.9. The minimum atomic E-state index is -0.376. The van der Waals surface area contributed by atoms with Crippen LogP contribution in [0.4, 0.5) is 5.69 Å². The van der Waals surface area contributed by atoms with Crippen molar-refractivity contribution in [3.8, 4) is 0 Å². The number of likely N-dealkylation sites (tertiary alicyclic amines) is 1. The van der Waals surface area contributed by atoms with Crippen molar-refractivity contribution in [2.24, 2.45) is 5.92 Å². The molecule has 7 nitrogen and oxygen atoms in total. The monoisotopic (exact) mass is 425 g/mol. The quantitative estimate of drug-likeness (QED) is 0.452. The normalized spacial score (nSPS) is 19.0. The molecule has 0 radical (unpaired) electrons. The Bertz CT molecular complexity index is 870. The standard InChI is InChI=1S/C24H31N3O4/c1-18(2)26(24(28)17-31-3)15-21-14-25(16-23(21)20-7-5-4-6-8-20)13-19-9-11-22(12-10-19)27(29)30/h4-12,18,21,23H,13-17H2,1-3H3. The largest absolute Gasteiger partial charge is 0.375 e. The summed E-state index contributed by atoms with van der Waals surface area (Å²) in [6, 6.07) is 17.3. The Balaban J connectivity index is 1.77. The van der Waals surface area contributed by atoms with Crippen molar-refractivity contribution in [1.29, 1.82) is 0 Å². The fourth-order valence-corrected chi connectivity index (χ4v) is 4.39. The zero-order chi connectivity index (χ0) is 22.4. The molecule has 1 fully saturated rings. The number of hydrogen-bond acceptors (Lipinski definition) is 5. The van der Waals surface area contributed by atoms with Gasteiger partial charge in [0.2, 0.25) is 5.91 Å². The van der Waals surface area contributed by atoms with Gasteiger partial charge in [0, 0.05) is 57.4 Å². The van der Waals surface area contributed by atoms with Crippen LogP contribution >= 0.6 is 0 Å². The molecule has 1 aliphatic heterocycles. The van der Waals surface area contributed by atoms with Crippen molar-refractivity contribution in [1.82, 2.24) is 9.80 Å². The average Bonchev–Trinajstić information content (AvgIpc) is 3.15. The summed E-state index contributed by atoms with van der Waals surface area (Å²) < 4.78 is 5.09. The van der Waals surface area contributed by atoms with Crippen LogP contribution in [0.2, 0.25) is 0 Å². The second-order valence-corrected chi connectivity index (χ2v) is 8.47. The summed E-state index contributed by atoms with van der Waals surface area (Å²) in [6.07, 6.45) is 0. The lowest BCUT2D eigenvalue weighted by Crippen LogP contribution is -2.43. The SMILES string of the molecule is COCC(=O)N(CC1CN(Cc2ccc([N+](=O)[O-])cc2)CC1c1ccccc1)C(C)C. The van der Waals surface area contributed by atoms with E-state index in [1.54, 1.807) is 19.2 Å². The van der Waals surface area contributed by atoms with Crippen LogP contribution in [0.1, 0.15) is 30.9 Å².